The first-order valence-electron chi connectivity index (χ1n) is 5.28. The highest BCUT2D eigenvalue weighted by Crippen LogP contribution is 2.15. The second-order valence-electron chi connectivity index (χ2n) is 2.92. The van der Waals surface area contributed by atoms with E-state index in [-0.39, 0.29) is 6.61 Å². The Hall–Kier alpha value is -3.08. The van der Waals surface area contributed by atoms with Crippen LogP contribution in [0.15, 0.2) is 44.7 Å². The molecule has 0 aliphatic carbocycles. The first-order valence-corrected chi connectivity index (χ1v) is 5.66. The number of ether oxygens (including phenoxy) is 1. The zero-order valence-electron chi connectivity index (χ0n) is 11.3. The first kappa shape index (κ1) is 21.2. The maximum atomic E-state index is 10.1. The summed E-state index contributed by atoms with van der Waals surface area (Å²) in [6.07, 6.45) is 1.89. The minimum atomic E-state index is -0.995. The van der Waals surface area contributed by atoms with Crippen LogP contribution in [0.1, 0.15) is 0 Å². The van der Waals surface area contributed by atoms with E-state index in [1.807, 2.05) is 0 Å². The van der Waals surface area contributed by atoms with Crippen LogP contribution in [0.5, 0.6) is 5.75 Å². The number of carboxylic acid groups (broad SMARTS) is 1. The van der Waals surface area contributed by atoms with Crippen LogP contribution < -0.4 is 16.4 Å². The monoisotopic (exact) mass is 330 g/mol. The Morgan fingerprint density at radius 2 is 1.64 bits per heavy atom. The summed E-state index contributed by atoms with van der Waals surface area (Å²) in [7, 11) is 0. The van der Waals surface area contributed by atoms with Crippen molar-refractivity contribution < 1.29 is 14.6 Å². The Bertz CT molecular complexity index is 475. The molecule has 0 atom stereocenters. The van der Waals surface area contributed by atoms with E-state index in [0.29, 0.717) is 10.8 Å². The summed E-state index contributed by atoms with van der Waals surface area (Å²) in [6, 6.07) is 6.51. The zero-order valence-corrected chi connectivity index (χ0v) is 12.0. The van der Waals surface area contributed by atoms with Crippen molar-refractivity contribution in [3.8, 4) is 5.75 Å². The molecule has 0 aromatic heterocycles. The van der Waals surface area contributed by atoms with E-state index < -0.39 is 5.97 Å². The van der Waals surface area contributed by atoms with Crippen molar-refractivity contribution in [2.24, 2.45) is 32.1 Å². The summed E-state index contributed by atoms with van der Waals surface area (Å²) in [5, 5.41) is 20.0. The van der Waals surface area contributed by atoms with Gasteiger partial charge in [0, 0.05) is 5.02 Å². The maximum Gasteiger partial charge on any atom is 0.341 e. The number of benzene rings is 1. The molecule has 1 aromatic rings. The molecule has 11 nitrogen and oxygen atoms in total. The lowest BCUT2D eigenvalue weighted by Gasteiger charge is -2.01. The number of carbonyl (C=O) groups is 1. The van der Waals surface area contributed by atoms with Gasteiger partial charge in [0.25, 0.3) is 0 Å². The molecule has 22 heavy (non-hydrogen) atoms. The summed E-state index contributed by atoms with van der Waals surface area (Å²) < 4.78 is 4.86. The van der Waals surface area contributed by atoms with Gasteiger partial charge in [-0.1, -0.05) is 11.6 Å². The van der Waals surface area contributed by atoms with E-state index in [9.17, 15) is 4.79 Å². The number of nitrogens with zero attached hydrogens (tertiary/aromatic N) is 4. The van der Waals surface area contributed by atoms with E-state index in [4.69, 9.17) is 32.5 Å². The minimum absolute atomic E-state index is 0.332. The van der Waals surface area contributed by atoms with Gasteiger partial charge in [-0.25, -0.2) is 15.9 Å². The van der Waals surface area contributed by atoms with E-state index in [1.54, 1.807) is 24.3 Å². The predicted molar refractivity (Wildman–Crippen MR) is 80.2 cm³/mol. The third-order valence-corrected chi connectivity index (χ3v) is 1.68. The quantitative estimate of drug-likeness (QED) is 0.179. The van der Waals surface area contributed by atoms with Crippen LogP contribution in [0.3, 0.4) is 0 Å². The highest BCUT2D eigenvalue weighted by Gasteiger charge is 1.97. The summed E-state index contributed by atoms with van der Waals surface area (Å²) in [5.74, 6) is 8.50. The van der Waals surface area contributed by atoms with E-state index in [1.165, 1.54) is 0 Å². The number of hydrazone groups is 2. The summed E-state index contributed by atoms with van der Waals surface area (Å²) in [4.78, 5) is 10.1. The molecular formula is C10H15ClN8O3. The first-order chi connectivity index (χ1) is 10.5. The minimum Gasteiger partial charge on any atom is -0.482 e. The molecule has 7 N–H and O–H groups in total. The van der Waals surface area contributed by atoms with Gasteiger partial charge in [-0.3, -0.25) is 0 Å². The van der Waals surface area contributed by atoms with Crippen LogP contribution in [0, 0.1) is 11.1 Å². The van der Waals surface area contributed by atoms with Gasteiger partial charge in [0.15, 0.2) is 19.3 Å². The van der Waals surface area contributed by atoms with Gasteiger partial charge in [0.1, 0.15) is 5.75 Å². The van der Waals surface area contributed by atoms with Crippen LogP contribution >= 0.6 is 11.6 Å². The number of carboxylic acids is 1. The number of rotatable bonds is 5. The molecule has 0 amide bonds. The average Bonchev–Trinajstić information content (AvgIpc) is 2.49. The lowest BCUT2D eigenvalue weighted by Crippen LogP contribution is -2.09. The topological polar surface area (TPSA) is 196 Å². The fourth-order valence-electron chi connectivity index (χ4n) is 0.743. The highest BCUT2D eigenvalue weighted by molar-refractivity contribution is 6.30. The van der Waals surface area contributed by atoms with Gasteiger partial charge in [0.2, 0.25) is 0 Å². The van der Waals surface area contributed by atoms with Crippen molar-refractivity contribution in [2.45, 2.75) is 0 Å². The Morgan fingerprint density at radius 3 is 1.91 bits per heavy atom. The molecule has 120 valence electrons. The number of aliphatic carboxylic acids is 1. The molecule has 1 rings (SSSR count). The van der Waals surface area contributed by atoms with Crippen LogP contribution in [0.25, 0.3) is 0 Å². The fourth-order valence-corrected chi connectivity index (χ4v) is 0.869. The fraction of sp³-hybridized carbons (Fsp3) is 0.100. The molecule has 0 saturated heterocycles. The number of hydrogen-bond donors (Lipinski definition) is 5. The molecule has 0 aliphatic heterocycles. The number of hydrogen-bond acceptors (Lipinski definition) is 8. The van der Waals surface area contributed by atoms with Crippen LogP contribution in [-0.2, 0) is 4.79 Å². The number of nitrogens with two attached hydrogens (primary N) is 2. The smallest absolute Gasteiger partial charge is 0.341 e. The largest absolute Gasteiger partial charge is 0.482 e. The molecule has 0 bridgehead atoms. The molecule has 1 aromatic carbocycles. The molecule has 0 saturated carbocycles. The van der Waals surface area contributed by atoms with Gasteiger partial charge in [-0.15, -0.1) is 10.2 Å². The molecule has 12 heteroatoms. The van der Waals surface area contributed by atoms with Crippen molar-refractivity contribution in [1.29, 1.82) is 11.1 Å². The third kappa shape index (κ3) is 16.9. The van der Waals surface area contributed by atoms with Crippen LogP contribution in [-0.4, -0.2) is 30.4 Å². The van der Waals surface area contributed by atoms with Gasteiger partial charge in [0.05, 0.1) is 0 Å². The Balaban J connectivity index is 0. The van der Waals surface area contributed by atoms with Gasteiger partial charge >= 0.3 is 5.97 Å². The van der Waals surface area contributed by atoms with Crippen LogP contribution in [0.4, 0.5) is 0 Å². The molecule has 0 heterocycles. The molecule has 0 spiro atoms. The highest BCUT2D eigenvalue weighted by atomic mass is 35.5. The summed E-state index contributed by atoms with van der Waals surface area (Å²) in [6.45, 7) is -0.332. The van der Waals surface area contributed by atoms with E-state index in [0.717, 1.165) is 12.7 Å². The number of halogens is 1. The SMILES string of the molecule is N=NC=NN.N=NC=NN.O=C(O)COc1ccc(Cl)cc1. The van der Waals surface area contributed by atoms with Gasteiger partial charge in [-0.2, -0.15) is 10.2 Å². The predicted octanol–water partition coefficient (Wildman–Crippen LogP) is 1.64. The van der Waals surface area contributed by atoms with Gasteiger partial charge < -0.3 is 21.5 Å². The summed E-state index contributed by atoms with van der Waals surface area (Å²) >= 11 is 5.60. The second kappa shape index (κ2) is 16.0. The number of nitrogens with one attached hydrogen (secondary N) is 2. The van der Waals surface area contributed by atoms with E-state index in [2.05, 4.69) is 32.1 Å². The Kier molecular flexibility index (Phi) is 15.4. The zero-order chi connectivity index (χ0) is 17.2. The Labute approximate surface area is 130 Å². The molecule has 0 fully saturated rings. The molecular weight excluding hydrogens is 316 g/mol. The maximum absolute atomic E-state index is 10.1. The second-order valence-corrected chi connectivity index (χ2v) is 3.36. The van der Waals surface area contributed by atoms with Crippen molar-refractivity contribution in [3.63, 3.8) is 0 Å². The van der Waals surface area contributed by atoms with Crippen molar-refractivity contribution >= 4 is 30.2 Å². The third-order valence-electron chi connectivity index (χ3n) is 1.42. The van der Waals surface area contributed by atoms with Crippen molar-refractivity contribution in [1.82, 2.24) is 0 Å². The van der Waals surface area contributed by atoms with Crippen LogP contribution in [0.2, 0.25) is 5.02 Å². The molecule has 0 radical (unpaired) electrons. The van der Waals surface area contributed by atoms with Crippen molar-refractivity contribution in [3.05, 3.63) is 29.3 Å². The van der Waals surface area contributed by atoms with Gasteiger partial charge in [-0.05, 0) is 24.3 Å². The normalized spacial score (nSPS) is 9.14. The molecule has 0 unspecified atom stereocenters. The summed E-state index contributed by atoms with van der Waals surface area (Å²) in [5.41, 5.74) is 12.0. The van der Waals surface area contributed by atoms with E-state index >= 15 is 0 Å². The standard InChI is InChI=1S/C8H7ClO3.2CH4N4/c9-6-1-3-7(4-2-6)12-5-8(10)11;2*2-4-1-5-3/h1-4H,5H2,(H,10,11);2*1-2H,3H2. The van der Waals surface area contributed by atoms with Crippen molar-refractivity contribution in [2.75, 3.05) is 6.61 Å². The lowest BCUT2D eigenvalue weighted by molar-refractivity contribution is -0.139. The lowest BCUT2D eigenvalue weighted by atomic mass is 10.3. The molecule has 0 aliphatic rings. The average molecular weight is 331 g/mol. The Morgan fingerprint density at radius 1 is 1.18 bits per heavy atom.